The van der Waals surface area contributed by atoms with Crippen LogP contribution in [-0.4, -0.2) is 65.8 Å². The first-order valence-corrected chi connectivity index (χ1v) is 21.0. The molecule has 310 valence electrons. The Morgan fingerprint density at radius 2 is 1.42 bits per heavy atom. The third-order valence-electron chi connectivity index (χ3n) is 10.9. The first-order chi connectivity index (χ1) is 27.3. The monoisotopic (exact) mass is 785 g/mol. The van der Waals surface area contributed by atoms with Gasteiger partial charge in [0.2, 0.25) is 29.4 Å². The van der Waals surface area contributed by atoms with Crippen molar-refractivity contribution in [2.75, 3.05) is 6.54 Å². The number of benzene rings is 2. The number of fused-ring (bicyclic) bond motifs is 2. The Morgan fingerprint density at radius 1 is 0.772 bits per heavy atom. The summed E-state index contributed by atoms with van der Waals surface area (Å²) in [6, 6.07) is 12.6. The molecule has 0 aromatic heterocycles. The van der Waals surface area contributed by atoms with Crippen molar-refractivity contribution in [2.24, 2.45) is 11.3 Å². The van der Waals surface area contributed by atoms with E-state index >= 15 is 0 Å². The molecule has 12 nitrogen and oxygen atoms in total. The molecular weight excluding hydrogens is 723 g/mol. The van der Waals surface area contributed by atoms with E-state index < -0.39 is 65.5 Å². The summed E-state index contributed by atoms with van der Waals surface area (Å²) in [5.41, 5.74) is 1.77. The molecule has 1 heterocycles. The molecule has 0 saturated heterocycles. The van der Waals surface area contributed by atoms with Crippen molar-refractivity contribution in [1.29, 1.82) is 0 Å². The molecule has 0 spiro atoms. The maximum Gasteiger partial charge on any atom is 0.290 e. The fourth-order valence-electron chi connectivity index (χ4n) is 7.70. The Balaban J connectivity index is 1.50. The first kappa shape index (κ1) is 44.8. The number of carbonyl (C=O) groups excluding carboxylic acids is 7. The van der Waals surface area contributed by atoms with E-state index in [2.05, 4.69) is 26.6 Å². The van der Waals surface area contributed by atoms with Crippen molar-refractivity contribution in [3.05, 3.63) is 71.3 Å². The first-order valence-electron chi connectivity index (χ1n) is 21.0. The van der Waals surface area contributed by atoms with Gasteiger partial charge in [0, 0.05) is 18.3 Å². The number of rotatable bonds is 12. The summed E-state index contributed by atoms with van der Waals surface area (Å²) in [6.07, 6.45) is 11.2. The van der Waals surface area contributed by atoms with E-state index in [0.29, 0.717) is 18.4 Å². The van der Waals surface area contributed by atoms with Gasteiger partial charge in [-0.15, -0.1) is 0 Å². The lowest BCUT2D eigenvalue weighted by Crippen LogP contribution is -2.59. The highest BCUT2D eigenvalue weighted by atomic mass is 16.2. The molecule has 2 aromatic carbocycles. The molecule has 4 atom stereocenters. The van der Waals surface area contributed by atoms with Crippen molar-refractivity contribution in [3.8, 4) is 0 Å². The van der Waals surface area contributed by atoms with Gasteiger partial charge >= 0.3 is 0 Å². The van der Waals surface area contributed by atoms with E-state index in [1.54, 1.807) is 51.1 Å². The maximum atomic E-state index is 14.2. The van der Waals surface area contributed by atoms with Gasteiger partial charge in [0.15, 0.2) is 5.78 Å². The molecule has 2 aliphatic rings. The Hall–Kier alpha value is -4.87. The molecule has 4 rings (SSSR count). The number of aryl methyl sites for hydroxylation is 1. The predicted octanol–water partition coefficient (Wildman–Crippen LogP) is 5.12. The van der Waals surface area contributed by atoms with Gasteiger partial charge in [-0.3, -0.25) is 33.6 Å². The molecule has 5 N–H and O–H groups in total. The zero-order valence-corrected chi connectivity index (χ0v) is 34.3. The fraction of sp³-hybridized carbons (Fsp3) is 0.578. The number of ketones is 2. The molecule has 1 aliphatic heterocycles. The van der Waals surface area contributed by atoms with Crippen LogP contribution in [0.4, 0.5) is 0 Å². The van der Waals surface area contributed by atoms with E-state index in [1.807, 2.05) is 31.2 Å². The summed E-state index contributed by atoms with van der Waals surface area (Å²) in [6.45, 7) is 6.50. The number of carbonyl (C=O) groups is 7. The van der Waals surface area contributed by atoms with Crippen LogP contribution in [0.1, 0.15) is 134 Å². The van der Waals surface area contributed by atoms with E-state index in [4.69, 9.17) is 0 Å². The van der Waals surface area contributed by atoms with Crippen molar-refractivity contribution < 1.29 is 33.6 Å². The van der Waals surface area contributed by atoms with Crippen molar-refractivity contribution in [2.45, 2.75) is 148 Å². The molecule has 2 aromatic rings. The highest BCUT2D eigenvalue weighted by Crippen LogP contribution is 2.28. The second-order valence-electron chi connectivity index (χ2n) is 16.7. The largest absolute Gasteiger partial charge is 0.344 e. The van der Waals surface area contributed by atoms with Crippen LogP contribution in [0.3, 0.4) is 0 Å². The summed E-state index contributed by atoms with van der Waals surface area (Å²) in [5, 5.41) is 13.7. The van der Waals surface area contributed by atoms with Gasteiger partial charge in [-0.05, 0) is 61.1 Å². The van der Waals surface area contributed by atoms with Crippen LogP contribution in [0.15, 0.2) is 54.6 Å². The van der Waals surface area contributed by atoms with Crippen molar-refractivity contribution in [1.82, 2.24) is 26.6 Å². The summed E-state index contributed by atoms with van der Waals surface area (Å²) in [4.78, 5) is 94.5. The van der Waals surface area contributed by atoms with Gasteiger partial charge in [-0.2, -0.15) is 0 Å². The van der Waals surface area contributed by atoms with E-state index in [9.17, 15) is 33.6 Å². The lowest BCUT2D eigenvalue weighted by molar-refractivity contribution is -0.141. The van der Waals surface area contributed by atoms with Crippen LogP contribution in [0, 0.1) is 11.3 Å². The zero-order chi connectivity index (χ0) is 41.4. The third kappa shape index (κ3) is 14.2. The summed E-state index contributed by atoms with van der Waals surface area (Å²) >= 11 is 0. The number of Topliss-reactive ketones (excluding diaryl/α,β-unsaturated/α-hetero) is 2. The molecule has 57 heavy (non-hydrogen) atoms. The number of hydrogen-bond acceptors (Lipinski definition) is 7. The Labute approximate surface area is 337 Å². The minimum absolute atomic E-state index is 0.0679. The third-order valence-corrected chi connectivity index (χ3v) is 10.9. The van der Waals surface area contributed by atoms with Gasteiger partial charge in [0.1, 0.15) is 18.1 Å². The summed E-state index contributed by atoms with van der Waals surface area (Å²) in [5.74, 6) is -4.21. The topological polar surface area (TPSA) is 180 Å². The maximum absolute atomic E-state index is 14.2. The van der Waals surface area contributed by atoms with E-state index in [0.717, 1.165) is 81.8 Å². The molecule has 12 heteroatoms. The minimum atomic E-state index is -1.23. The Morgan fingerprint density at radius 3 is 2.11 bits per heavy atom. The van der Waals surface area contributed by atoms with Crippen molar-refractivity contribution in [3.63, 3.8) is 0 Å². The van der Waals surface area contributed by atoms with Gasteiger partial charge in [0.25, 0.3) is 5.91 Å². The molecule has 1 saturated carbocycles. The lowest BCUT2D eigenvalue weighted by atomic mass is 9.83. The highest BCUT2D eigenvalue weighted by molar-refractivity contribution is 6.38. The molecule has 1 unspecified atom stereocenters. The van der Waals surface area contributed by atoms with Crippen LogP contribution in [0.5, 0.6) is 0 Å². The normalized spacial score (nSPS) is 20.1. The predicted molar refractivity (Wildman–Crippen MR) is 219 cm³/mol. The fourth-order valence-corrected chi connectivity index (χ4v) is 7.70. The molecule has 1 aliphatic carbocycles. The molecule has 1 fully saturated rings. The highest BCUT2D eigenvalue weighted by Gasteiger charge is 2.36. The van der Waals surface area contributed by atoms with Crippen molar-refractivity contribution >= 4 is 41.1 Å². The van der Waals surface area contributed by atoms with Gasteiger partial charge in [-0.25, -0.2) is 0 Å². The van der Waals surface area contributed by atoms with Crippen LogP contribution in [0.25, 0.3) is 0 Å². The zero-order valence-electron chi connectivity index (χ0n) is 34.3. The SMILES string of the molecule is CCCC(NC(=O)[C@@H]1Cc2cccc(c2)CCCCCCCC(=O)N[C@@H](C2CCCCC2)C(=O)N1)C(=O)C(=O)NCC(=O)N[C@H](C(=O)C(C)(C)C)c1ccccc1. The second kappa shape index (κ2) is 22.2. The average molecular weight is 786 g/mol. The quantitative estimate of drug-likeness (QED) is 0.185. The number of hydrogen-bond donors (Lipinski definition) is 5. The molecular formula is C45H63N5O7. The lowest BCUT2D eigenvalue weighted by Gasteiger charge is -2.31. The van der Waals surface area contributed by atoms with Crippen LogP contribution in [-0.2, 0) is 46.4 Å². The molecule has 5 amide bonds. The van der Waals surface area contributed by atoms with Gasteiger partial charge in [-0.1, -0.05) is 127 Å². The van der Waals surface area contributed by atoms with Gasteiger partial charge < -0.3 is 26.6 Å². The summed E-state index contributed by atoms with van der Waals surface area (Å²) < 4.78 is 0. The summed E-state index contributed by atoms with van der Waals surface area (Å²) in [7, 11) is 0. The number of nitrogens with one attached hydrogen (secondary N) is 5. The van der Waals surface area contributed by atoms with E-state index in [-0.39, 0.29) is 30.4 Å². The molecule has 2 bridgehead atoms. The Kier molecular flexibility index (Phi) is 17.4. The minimum Gasteiger partial charge on any atom is -0.344 e. The Bertz CT molecular complexity index is 1700. The van der Waals surface area contributed by atoms with E-state index in [1.165, 1.54) is 0 Å². The average Bonchev–Trinajstić information content (AvgIpc) is 3.19. The molecule has 0 radical (unpaired) electrons. The smallest absolute Gasteiger partial charge is 0.290 e. The van der Waals surface area contributed by atoms with Crippen LogP contribution < -0.4 is 26.6 Å². The number of amides is 5. The standard InChI is InChI=1S/C45H63N5O7/c1-5-18-34(40(53)44(57)46-29-37(52)50-38(41(54)45(2,3)4)32-22-12-9-13-23-32)47-42(55)35-28-31-21-17-20-30(27-31)19-11-7-6-8-16-26-36(51)49-39(43(56)48-35)33-24-14-10-15-25-33/h9,12-13,17,20-23,27,33-35,38-39H,5-8,10-11,14-16,18-19,24-26,28-29H2,1-4H3,(H,46,57)(H,47,55)(H,48,56)(H,49,51)(H,50,52)/t34?,35-,38-,39-/m0/s1. The van der Waals surface area contributed by atoms with Gasteiger partial charge in [0.05, 0.1) is 12.6 Å². The second-order valence-corrected chi connectivity index (χ2v) is 16.7. The van der Waals surface area contributed by atoms with Crippen LogP contribution in [0.2, 0.25) is 0 Å². The van der Waals surface area contributed by atoms with Crippen LogP contribution >= 0.6 is 0 Å².